The standard InChI is InChI=1S/C23H29N3O4/c1-5-26(16-17-11-13-18(14-12-17)23(29)25(3)4)21(27)15-24-22(28)19-9-7-8-10-20(19)30-6-2/h7-14H,5-6,15-16H2,1-4H3,(H,24,28). The molecule has 0 aromatic heterocycles. The fraction of sp³-hybridized carbons (Fsp3) is 0.348. The summed E-state index contributed by atoms with van der Waals surface area (Å²) < 4.78 is 5.47. The number of benzene rings is 2. The first-order chi connectivity index (χ1) is 14.4. The molecule has 0 fully saturated rings. The maximum atomic E-state index is 12.6. The van der Waals surface area contributed by atoms with E-state index in [2.05, 4.69) is 5.32 Å². The molecule has 2 aromatic carbocycles. The van der Waals surface area contributed by atoms with Crippen LogP contribution in [0.1, 0.15) is 40.1 Å². The van der Waals surface area contributed by atoms with E-state index in [1.165, 1.54) is 4.90 Å². The van der Waals surface area contributed by atoms with Crippen molar-refractivity contribution in [3.63, 3.8) is 0 Å². The second-order valence-corrected chi connectivity index (χ2v) is 6.92. The van der Waals surface area contributed by atoms with Crippen LogP contribution in [0.4, 0.5) is 0 Å². The molecule has 0 saturated heterocycles. The van der Waals surface area contributed by atoms with Gasteiger partial charge in [0.1, 0.15) is 5.75 Å². The maximum Gasteiger partial charge on any atom is 0.255 e. The second kappa shape index (κ2) is 11.0. The van der Waals surface area contributed by atoms with Crippen LogP contribution < -0.4 is 10.1 Å². The fourth-order valence-electron chi connectivity index (χ4n) is 2.91. The highest BCUT2D eigenvalue weighted by Crippen LogP contribution is 2.17. The van der Waals surface area contributed by atoms with Gasteiger partial charge in [0.05, 0.1) is 18.7 Å². The van der Waals surface area contributed by atoms with Gasteiger partial charge >= 0.3 is 0 Å². The number of likely N-dealkylation sites (N-methyl/N-ethyl adjacent to an activating group) is 1. The van der Waals surface area contributed by atoms with Crippen LogP contribution in [-0.2, 0) is 11.3 Å². The first kappa shape index (κ1) is 22.9. The van der Waals surface area contributed by atoms with E-state index in [9.17, 15) is 14.4 Å². The lowest BCUT2D eigenvalue weighted by atomic mass is 10.1. The van der Waals surface area contributed by atoms with Crippen molar-refractivity contribution < 1.29 is 19.1 Å². The van der Waals surface area contributed by atoms with Crippen LogP contribution in [0.2, 0.25) is 0 Å². The third kappa shape index (κ3) is 6.07. The molecule has 1 N–H and O–H groups in total. The average molecular weight is 412 g/mol. The Morgan fingerprint density at radius 2 is 1.63 bits per heavy atom. The Bertz CT molecular complexity index is 878. The Labute approximate surface area is 177 Å². The summed E-state index contributed by atoms with van der Waals surface area (Å²) in [6.07, 6.45) is 0. The summed E-state index contributed by atoms with van der Waals surface area (Å²) in [6.45, 7) is 4.98. The molecule has 2 rings (SSSR count). The molecule has 0 atom stereocenters. The first-order valence-corrected chi connectivity index (χ1v) is 9.95. The van der Waals surface area contributed by atoms with Crippen LogP contribution in [0, 0.1) is 0 Å². The van der Waals surface area contributed by atoms with Gasteiger partial charge in [0.2, 0.25) is 5.91 Å². The molecular weight excluding hydrogens is 382 g/mol. The minimum Gasteiger partial charge on any atom is -0.493 e. The SMILES string of the molecule is CCOc1ccccc1C(=O)NCC(=O)N(CC)Cc1ccc(C(=O)N(C)C)cc1. The van der Waals surface area contributed by atoms with Crippen molar-refractivity contribution >= 4 is 17.7 Å². The van der Waals surface area contributed by atoms with E-state index in [-0.39, 0.29) is 24.3 Å². The van der Waals surface area contributed by atoms with Gasteiger partial charge in [0.25, 0.3) is 11.8 Å². The van der Waals surface area contributed by atoms with Gasteiger partial charge in [-0.3, -0.25) is 14.4 Å². The van der Waals surface area contributed by atoms with Crippen LogP contribution in [0.15, 0.2) is 48.5 Å². The van der Waals surface area contributed by atoms with Crippen molar-refractivity contribution in [1.29, 1.82) is 0 Å². The molecule has 0 radical (unpaired) electrons. The number of nitrogens with zero attached hydrogens (tertiary/aromatic N) is 2. The van der Waals surface area contributed by atoms with Crippen molar-refractivity contribution in [2.24, 2.45) is 0 Å². The Morgan fingerprint density at radius 3 is 2.23 bits per heavy atom. The van der Waals surface area contributed by atoms with Gasteiger partial charge in [-0.15, -0.1) is 0 Å². The highest BCUT2D eigenvalue weighted by molar-refractivity contribution is 5.98. The minimum atomic E-state index is -0.352. The number of ether oxygens (including phenoxy) is 1. The van der Waals surface area contributed by atoms with Gasteiger partial charge in [0.15, 0.2) is 0 Å². The molecule has 7 heteroatoms. The van der Waals surface area contributed by atoms with E-state index in [1.807, 2.05) is 26.0 Å². The zero-order chi connectivity index (χ0) is 22.1. The molecule has 0 aliphatic carbocycles. The smallest absolute Gasteiger partial charge is 0.255 e. The summed E-state index contributed by atoms with van der Waals surface area (Å²) in [5.74, 6) is -0.118. The molecule has 0 bridgehead atoms. The highest BCUT2D eigenvalue weighted by atomic mass is 16.5. The van der Waals surface area contributed by atoms with Gasteiger partial charge in [-0.2, -0.15) is 0 Å². The number of hydrogen-bond acceptors (Lipinski definition) is 4. The molecule has 30 heavy (non-hydrogen) atoms. The predicted octanol–water partition coefficient (Wildman–Crippen LogP) is 2.57. The van der Waals surface area contributed by atoms with Gasteiger partial charge in [0, 0.05) is 32.7 Å². The van der Waals surface area contributed by atoms with E-state index in [0.29, 0.717) is 36.6 Å². The van der Waals surface area contributed by atoms with E-state index >= 15 is 0 Å². The number of rotatable bonds is 9. The Morgan fingerprint density at radius 1 is 0.967 bits per heavy atom. The normalized spacial score (nSPS) is 10.3. The zero-order valence-electron chi connectivity index (χ0n) is 18.0. The van der Waals surface area contributed by atoms with E-state index in [0.717, 1.165) is 5.56 Å². The van der Waals surface area contributed by atoms with Crippen LogP contribution in [-0.4, -0.2) is 61.3 Å². The molecular formula is C23H29N3O4. The van der Waals surface area contributed by atoms with Crippen molar-refractivity contribution in [1.82, 2.24) is 15.1 Å². The summed E-state index contributed by atoms with van der Waals surface area (Å²) in [6, 6.07) is 14.1. The van der Waals surface area contributed by atoms with Gasteiger partial charge < -0.3 is 19.9 Å². The van der Waals surface area contributed by atoms with Crippen LogP contribution in [0.3, 0.4) is 0 Å². The number of para-hydroxylation sites is 1. The fourth-order valence-corrected chi connectivity index (χ4v) is 2.91. The van der Waals surface area contributed by atoms with Gasteiger partial charge in [-0.25, -0.2) is 0 Å². The van der Waals surface area contributed by atoms with Crippen LogP contribution >= 0.6 is 0 Å². The van der Waals surface area contributed by atoms with E-state index in [4.69, 9.17) is 4.74 Å². The quantitative estimate of drug-likeness (QED) is 0.688. The summed E-state index contributed by atoms with van der Waals surface area (Å²) >= 11 is 0. The molecule has 0 aliphatic rings. The van der Waals surface area contributed by atoms with Crippen molar-refractivity contribution in [3.05, 3.63) is 65.2 Å². The lowest BCUT2D eigenvalue weighted by Gasteiger charge is -2.21. The van der Waals surface area contributed by atoms with Gasteiger partial charge in [-0.1, -0.05) is 24.3 Å². The lowest BCUT2D eigenvalue weighted by Crippen LogP contribution is -2.39. The maximum absolute atomic E-state index is 12.6. The molecule has 0 aliphatic heterocycles. The van der Waals surface area contributed by atoms with E-state index < -0.39 is 0 Å². The van der Waals surface area contributed by atoms with Crippen molar-refractivity contribution in [3.8, 4) is 5.75 Å². The zero-order valence-corrected chi connectivity index (χ0v) is 18.0. The predicted molar refractivity (Wildman–Crippen MR) is 115 cm³/mol. The number of hydrogen-bond donors (Lipinski definition) is 1. The third-order valence-corrected chi connectivity index (χ3v) is 4.55. The molecule has 0 heterocycles. The largest absolute Gasteiger partial charge is 0.493 e. The number of amides is 3. The monoisotopic (exact) mass is 411 g/mol. The number of carbonyl (C=O) groups is 3. The molecule has 0 saturated carbocycles. The molecule has 2 aromatic rings. The average Bonchev–Trinajstić information content (AvgIpc) is 2.76. The topological polar surface area (TPSA) is 79.0 Å². The van der Waals surface area contributed by atoms with Crippen molar-refractivity contribution in [2.75, 3.05) is 33.8 Å². The Kier molecular flexibility index (Phi) is 8.41. The third-order valence-electron chi connectivity index (χ3n) is 4.55. The lowest BCUT2D eigenvalue weighted by molar-refractivity contribution is -0.130. The first-order valence-electron chi connectivity index (χ1n) is 9.95. The van der Waals surface area contributed by atoms with E-state index in [1.54, 1.807) is 55.4 Å². The summed E-state index contributed by atoms with van der Waals surface area (Å²) in [7, 11) is 3.41. The second-order valence-electron chi connectivity index (χ2n) is 6.92. The molecule has 3 amide bonds. The number of carbonyl (C=O) groups excluding carboxylic acids is 3. The molecule has 0 unspecified atom stereocenters. The molecule has 7 nitrogen and oxygen atoms in total. The van der Waals surface area contributed by atoms with Crippen molar-refractivity contribution in [2.45, 2.75) is 20.4 Å². The Balaban J connectivity index is 1.97. The summed E-state index contributed by atoms with van der Waals surface area (Å²) in [4.78, 5) is 40.2. The molecule has 0 spiro atoms. The summed E-state index contributed by atoms with van der Waals surface area (Å²) in [5.41, 5.74) is 1.91. The minimum absolute atomic E-state index is 0.0694. The summed E-state index contributed by atoms with van der Waals surface area (Å²) in [5, 5.41) is 2.67. The molecule has 160 valence electrons. The Hall–Kier alpha value is -3.35. The highest BCUT2D eigenvalue weighted by Gasteiger charge is 2.17. The number of nitrogens with one attached hydrogen (secondary N) is 1. The van der Waals surface area contributed by atoms with Crippen LogP contribution in [0.5, 0.6) is 5.75 Å². The van der Waals surface area contributed by atoms with Crippen LogP contribution in [0.25, 0.3) is 0 Å². The van der Waals surface area contributed by atoms with Gasteiger partial charge in [-0.05, 0) is 43.7 Å².